The minimum Gasteiger partial charge on any atom is -0.383 e. The molecule has 1 fully saturated rings. The van der Waals surface area contributed by atoms with E-state index in [4.69, 9.17) is 4.74 Å². The van der Waals surface area contributed by atoms with Crippen LogP contribution >= 0.6 is 0 Å². The lowest BCUT2D eigenvalue weighted by Gasteiger charge is -2.36. The fourth-order valence-electron chi connectivity index (χ4n) is 2.55. The lowest BCUT2D eigenvalue weighted by molar-refractivity contribution is 0.0980. The first-order valence-electron chi connectivity index (χ1n) is 7.47. The molecule has 0 aromatic heterocycles. The van der Waals surface area contributed by atoms with Crippen LogP contribution in [0.5, 0.6) is 0 Å². The van der Waals surface area contributed by atoms with Gasteiger partial charge in [-0.05, 0) is 25.9 Å². The maximum atomic E-state index is 5.30. The minimum atomic E-state index is 0.479. The van der Waals surface area contributed by atoms with E-state index in [1.165, 1.54) is 45.6 Å². The molecule has 4 nitrogen and oxygen atoms in total. The van der Waals surface area contributed by atoms with Crippen LogP contribution in [0.1, 0.15) is 26.7 Å². The summed E-state index contributed by atoms with van der Waals surface area (Å²) in [4.78, 5) is 5.14. The van der Waals surface area contributed by atoms with Crippen molar-refractivity contribution in [2.45, 2.75) is 32.7 Å². The molecule has 0 amide bonds. The Balaban J connectivity index is 2.23. The highest BCUT2D eigenvalue weighted by Gasteiger charge is 2.19. The van der Waals surface area contributed by atoms with E-state index >= 15 is 0 Å². The van der Waals surface area contributed by atoms with E-state index in [-0.39, 0.29) is 0 Å². The molecule has 1 aliphatic heterocycles. The number of methoxy groups -OCH3 is 1. The average molecular weight is 257 g/mol. The summed E-state index contributed by atoms with van der Waals surface area (Å²) >= 11 is 0. The predicted octanol–water partition coefficient (Wildman–Crippen LogP) is 1.03. The molecule has 0 bridgehead atoms. The van der Waals surface area contributed by atoms with Gasteiger partial charge in [0.1, 0.15) is 0 Å². The summed E-state index contributed by atoms with van der Waals surface area (Å²) in [5, 5.41) is 3.57. The lowest BCUT2D eigenvalue weighted by Crippen LogP contribution is -2.51. The number of hydrogen-bond donors (Lipinski definition) is 1. The normalized spacial score (nSPS) is 20.2. The van der Waals surface area contributed by atoms with E-state index in [0.29, 0.717) is 6.04 Å². The molecular formula is C14H31N3O. The predicted molar refractivity (Wildman–Crippen MR) is 77.1 cm³/mol. The first-order valence-corrected chi connectivity index (χ1v) is 7.47. The van der Waals surface area contributed by atoms with Gasteiger partial charge >= 0.3 is 0 Å². The molecule has 1 unspecified atom stereocenters. The molecule has 108 valence electrons. The van der Waals surface area contributed by atoms with Crippen molar-refractivity contribution in [3.63, 3.8) is 0 Å². The van der Waals surface area contributed by atoms with Crippen LogP contribution in [-0.2, 0) is 4.74 Å². The Morgan fingerprint density at radius 1 is 1.06 bits per heavy atom. The van der Waals surface area contributed by atoms with Crippen LogP contribution in [0.25, 0.3) is 0 Å². The van der Waals surface area contributed by atoms with Crippen LogP contribution in [0.4, 0.5) is 0 Å². The second kappa shape index (κ2) is 9.73. The maximum Gasteiger partial charge on any atom is 0.0628 e. The average Bonchev–Trinajstić information content (AvgIpc) is 2.39. The lowest BCUT2D eigenvalue weighted by atomic mass is 10.2. The molecule has 1 saturated heterocycles. The van der Waals surface area contributed by atoms with Crippen molar-refractivity contribution in [3.8, 4) is 0 Å². The van der Waals surface area contributed by atoms with Crippen molar-refractivity contribution >= 4 is 0 Å². The van der Waals surface area contributed by atoms with Crippen molar-refractivity contribution in [1.82, 2.24) is 15.1 Å². The van der Waals surface area contributed by atoms with Crippen molar-refractivity contribution < 1.29 is 4.74 Å². The molecule has 4 heteroatoms. The quantitative estimate of drug-likeness (QED) is 0.668. The number of piperazine rings is 1. The number of hydrogen-bond acceptors (Lipinski definition) is 4. The van der Waals surface area contributed by atoms with E-state index in [2.05, 4.69) is 29.0 Å². The van der Waals surface area contributed by atoms with Gasteiger partial charge in [-0.2, -0.15) is 0 Å². The molecule has 0 aliphatic carbocycles. The summed E-state index contributed by atoms with van der Waals surface area (Å²) in [6.07, 6.45) is 2.45. The van der Waals surface area contributed by atoms with Crippen LogP contribution in [0.3, 0.4) is 0 Å². The summed E-state index contributed by atoms with van der Waals surface area (Å²) in [7, 11) is 1.79. The van der Waals surface area contributed by atoms with Gasteiger partial charge in [0.25, 0.3) is 0 Å². The Morgan fingerprint density at radius 2 is 1.72 bits per heavy atom. The zero-order chi connectivity index (χ0) is 13.2. The molecule has 1 N–H and O–H groups in total. The van der Waals surface area contributed by atoms with Crippen molar-refractivity contribution in [2.75, 3.05) is 59.5 Å². The standard InChI is InChI=1S/C14H31N3O/c1-4-6-15-14(13-18-3)12-17-10-8-16(7-5-2)9-11-17/h14-15H,4-13H2,1-3H3. The monoisotopic (exact) mass is 257 g/mol. The van der Waals surface area contributed by atoms with Gasteiger partial charge in [0, 0.05) is 45.9 Å². The van der Waals surface area contributed by atoms with Crippen molar-refractivity contribution in [1.29, 1.82) is 0 Å². The van der Waals surface area contributed by atoms with Crippen molar-refractivity contribution in [3.05, 3.63) is 0 Å². The van der Waals surface area contributed by atoms with Crippen LogP contribution in [-0.4, -0.2) is 75.4 Å². The molecular weight excluding hydrogens is 226 g/mol. The number of nitrogens with one attached hydrogen (secondary N) is 1. The highest BCUT2D eigenvalue weighted by Crippen LogP contribution is 2.03. The summed E-state index contributed by atoms with van der Waals surface area (Å²) < 4.78 is 5.30. The van der Waals surface area contributed by atoms with E-state index in [0.717, 1.165) is 19.7 Å². The van der Waals surface area contributed by atoms with Crippen LogP contribution in [0, 0.1) is 0 Å². The maximum absolute atomic E-state index is 5.30. The zero-order valence-corrected chi connectivity index (χ0v) is 12.5. The Hall–Kier alpha value is -0.160. The van der Waals surface area contributed by atoms with Crippen LogP contribution < -0.4 is 5.32 Å². The zero-order valence-electron chi connectivity index (χ0n) is 12.5. The smallest absolute Gasteiger partial charge is 0.0628 e. The second-order valence-corrected chi connectivity index (χ2v) is 5.25. The van der Waals surface area contributed by atoms with E-state index < -0.39 is 0 Å². The molecule has 0 aromatic carbocycles. The Bertz CT molecular complexity index is 193. The number of nitrogens with zero attached hydrogens (tertiary/aromatic N) is 2. The molecule has 1 atom stereocenters. The third-order valence-electron chi connectivity index (χ3n) is 3.53. The summed E-state index contributed by atoms with van der Waals surface area (Å²) in [5.41, 5.74) is 0. The van der Waals surface area contributed by atoms with Gasteiger partial charge in [0.05, 0.1) is 6.61 Å². The Morgan fingerprint density at radius 3 is 2.28 bits per heavy atom. The fourth-order valence-corrected chi connectivity index (χ4v) is 2.55. The molecule has 0 spiro atoms. The third-order valence-corrected chi connectivity index (χ3v) is 3.53. The summed E-state index contributed by atoms with van der Waals surface area (Å²) in [6, 6.07) is 0.479. The van der Waals surface area contributed by atoms with Crippen molar-refractivity contribution in [2.24, 2.45) is 0 Å². The van der Waals surface area contributed by atoms with Crippen LogP contribution in [0.15, 0.2) is 0 Å². The molecule has 1 aliphatic rings. The Labute approximate surface area is 113 Å². The molecule has 1 rings (SSSR count). The minimum absolute atomic E-state index is 0.479. The molecule has 0 saturated carbocycles. The van der Waals surface area contributed by atoms with Gasteiger partial charge in [-0.15, -0.1) is 0 Å². The molecule has 0 radical (unpaired) electrons. The number of rotatable bonds is 9. The molecule has 0 aromatic rings. The molecule has 18 heavy (non-hydrogen) atoms. The number of ether oxygens (including phenoxy) is 1. The van der Waals surface area contributed by atoms with Gasteiger partial charge in [0.2, 0.25) is 0 Å². The topological polar surface area (TPSA) is 27.7 Å². The van der Waals surface area contributed by atoms with E-state index in [1.54, 1.807) is 7.11 Å². The Kier molecular flexibility index (Phi) is 8.59. The van der Waals surface area contributed by atoms with Gasteiger partial charge in [-0.3, -0.25) is 4.90 Å². The third kappa shape index (κ3) is 6.14. The highest BCUT2D eigenvalue weighted by atomic mass is 16.5. The van der Waals surface area contributed by atoms with Gasteiger partial charge in [-0.1, -0.05) is 13.8 Å². The van der Waals surface area contributed by atoms with Crippen LogP contribution in [0.2, 0.25) is 0 Å². The first kappa shape index (κ1) is 15.9. The fraction of sp³-hybridized carbons (Fsp3) is 1.00. The highest BCUT2D eigenvalue weighted by molar-refractivity contribution is 4.77. The summed E-state index contributed by atoms with van der Waals surface area (Å²) in [5.74, 6) is 0. The van der Waals surface area contributed by atoms with Gasteiger partial charge in [0.15, 0.2) is 0 Å². The first-order chi connectivity index (χ1) is 8.80. The summed E-state index contributed by atoms with van der Waals surface area (Å²) in [6.45, 7) is 13.6. The SMILES string of the molecule is CCCNC(COC)CN1CCN(CCC)CC1. The largest absolute Gasteiger partial charge is 0.383 e. The van der Waals surface area contributed by atoms with E-state index in [1.807, 2.05) is 0 Å². The van der Waals surface area contributed by atoms with Gasteiger partial charge in [-0.25, -0.2) is 0 Å². The second-order valence-electron chi connectivity index (χ2n) is 5.25. The van der Waals surface area contributed by atoms with E-state index in [9.17, 15) is 0 Å². The molecule has 1 heterocycles. The van der Waals surface area contributed by atoms with Gasteiger partial charge < -0.3 is 15.0 Å².